The molecule has 0 saturated heterocycles. The lowest BCUT2D eigenvalue weighted by atomic mass is 9.92. The number of aromatic amines is 1. The molecule has 3 aromatic rings. The van der Waals surface area contributed by atoms with E-state index in [-0.39, 0.29) is 0 Å². The van der Waals surface area contributed by atoms with E-state index in [9.17, 15) is 0 Å². The number of hydrogen-bond acceptors (Lipinski definition) is 4. The van der Waals surface area contributed by atoms with Gasteiger partial charge in [0.15, 0.2) is 0 Å². The van der Waals surface area contributed by atoms with Crippen LogP contribution in [0.3, 0.4) is 0 Å². The summed E-state index contributed by atoms with van der Waals surface area (Å²) in [6, 6.07) is 15.3. The molecule has 2 N–H and O–H groups in total. The highest BCUT2D eigenvalue weighted by molar-refractivity contribution is 7.99. The first-order valence-corrected chi connectivity index (χ1v) is 10.5. The summed E-state index contributed by atoms with van der Waals surface area (Å²) in [5, 5.41) is 12.0. The molecule has 4 nitrogen and oxygen atoms in total. The van der Waals surface area contributed by atoms with Gasteiger partial charge in [-0.25, -0.2) is 0 Å². The molecule has 1 aliphatic carbocycles. The molecule has 0 atom stereocenters. The molecule has 1 aromatic heterocycles. The Morgan fingerprint density at radius 2 is 1.92 bits per heavy atom. The number of nitrogens with one attached hydrogen (secondary N) is 2. The van der Waals surface area contributed by atoms with Crippen molar-refractivity contribution in [3.63, 3.8) is 0 Å². The van der Waals surface area contributed by atoms with Gasteiger partial charge in [0.1, 0.15) is 5.75 Å². The van der Waals surface area contributed by atoms with E-state index in [2.05, 4.69) is 64.2 Å². The fourth-order valence-electron chi connectivity index (χ4n) is 3.70. The number of ether oxygens (including phenoxy) is 1. The fourth-order valence-corrected chi connectivity index (χ4v) is 4.40. The van der Waals surface area contributed by atoms with Crippen LogP contribution in [0.5, 0.6) is 5.75 Å². The summed E-state index contributed by atoms with van der Waals surface area (Å²) in [5.41, 5.74) is 2.42. The van der Waals surface area contributed by atoms with Gasteiger partial charge >= 0.3 is 0 Å². The van der Waals surface area contributed by atoms with Crippen molar-refractivity contribution in [1.82, 2.24) is 15.5 Å². The first-order valence-electron chi connectivity index (χ1n) is 9.27. The van der Waals surface area contributed by atoms with Crippen molar-refractivity contribution in [2.45, 2.75) is 49.3 Å². The van der Waals surface area contributed by atoms with Gasteiger partial charge < -0.3 is 10.1 Å². The summed E-state index contributed by atoms with van der Waals surface area (Å²) < 4.78 is 6.38. The van der Waals surface area contributed by atoms with E-state index < -0.39 is 0 Å². The van der Waals surface area contributed by atoms with Crippen LogP contribution in [0.15, 0.2) is 53.6 Å². The van der Waals surface area contributed by atoms with E-state index in [0.29, 0.717) is 12.1 Å². The summed E-state index contributed by atoms with van der Waals surface area (Å²) in [6.45, 7) is 0.949. The third-order valence-corrected chi connectivity index (χ3v) is 5.98. The monoisotopic (exact) mass is 367 g/mol. The number of thioether (sulfide) groups is 1. The van der Waals surface area contributed by atoms with Crippen molar-refractivity contribution >= 4 is 22.7 Å². The molecule has 26 heavy (non-hydrogen) atoms. The quantitative estimate of drug-likeness (QED) is 0.617. The second-order valence-corrected chi connectivity index (χ2v) is 7.70. The van der Waals surface area contributed by atoms with Gasteiger partial charge in [0.05, 0.1) is 22.7 Å². The Labute approximate surface area is 158 Å². The van der Waals surface area contributed by atoms with Gasteiger partial charge in [-0.1, -0.05) is 30.3 Å². The number of fused-ring (bicyclic) bond motifs is 1. The van der Waals surface area contributed by atoms with Crippen molar-refractivity contribution < 1.29 is 4.74 Å². The first-order chi connectivity index (χ1) is 12.8. The summed E-state index contributed by atoms with van der Waals surface area (Å²) in [7, 11) is 0. The summed E-state index contributed by atoms with van der Waals surface area (Å²) in [5.74, 6) is 0.993. The number of aromatic nitrogens is 2. The zero-order chi connectivity index (χ0) is 17.8. The van der Waals surface area contributed by atoms with E-state index >= 15 is 0 Å². The Kier molecular flexibility index (Phi) is 5.46. The number of hydrogen-bond donors (Lipinski definition) is 2. The minimum atomic E-state index is 0.306. The lowest BCUT2D eigenvalue weighted by Gasteiger charge is -2.30. The summed E-state index contributed by atoms with van der Waals surface area (Å²) in [4.78, 5) is 1.18. The van der Waals surface area contributed by atoms with Gasteiger partial charge in [-0.05, 0) is 49.6 Å². The summed E-state index contributed by atoms with van der Waals surface area (Å²) >= 11 is 1.73. The molecule has 0 spiro atoms. The molecule has 0 unspecified atom stereocenters. The van der Waals surface area contributed by atoms with Crippen molar-refractivity contribution in [2.24, 2.45) is 0 Å². The van der Waals surface area contributed by atoms with E-state index in [1.807, 2.05) is 6.20 Å². The Balaban J connectivity index is 1.32. The standard InChI is InChI=1S/C21H25N3OS/c1-26-21-18-14-23-24-19(18)11-12-20(21)25-17-9-7-16(8-10-17)22-13-15-5-3-2-4-6-15/h2-6,11-12,14,16-17,22H,7-10,13H2,1H3,(H,23,24)/t16-,17+. The molecule has 1 fully saturated rings. The number of rotatable bonds is 6. The molecule has 0 bridgehead atoms. The average Bonchev–Trinajstić information content (AvgIpc) is 3.17. The molecule has 1 heterocycles. The van der Waals surface area contributed by atoms with E-state index in [1.54, 1.807) is 11.8 Å². The van der Waals surface area contributed by atoms with Crippen LogP contribution in [0.2, 0.25) is 0 Å². The van der Waals surface area contributed by atoms with Crippen LogP contribution in [-0.4, -0.2) is 28.6 Å². The fraction of sp³-hybridized carbons (Fsp3) is 0.381. The van der Waals surface area contributed by atoms with Crippen LogP contribution in [0, 0.1) is 0 Å². The Bertz CT molecular complexity index is 841. The number of benzene rings is 2. The molecule has 136 valence electrons. The molecule has 0 aliphatic heterocycles. The van der Waals surface area contributed by atoms with Crippen molar-refractivity contribution in [3.05, 3.63) is 54.2 Å². The Morgan fingerprint density at radius 1 is 1.12 bits per heavy atom. The Hall–Kier alpha value is -1.98. The lowest BCUT2D eigenvalue weighted by molar-refractivity contribution is 0.136. The molecule has 0 amide bonds. The van der Waals surface area contributed by atoms with E-state index in [4.69, 9.17) is 4.74 Å². The normalized spacial score (nSPS) is 20.3. The van der Waals surface area contributed by atoms with Gasteiger partial charge in [0.25, 0.3) is 0 Å². The third-order valence-electron chi connectivity index (χ3n) is 5.15. The zero-order valence-electron chi connectivity index (χ0n) is 15.1. The van der Waals surface area contributed by atoms with Gasteiger partial charge in [-0.15, -0.1) is 11.8 Å². The molecule has 0 radical (unpaired) electrons. The van der Waals surface area contributed by atoms with Crippen LogP contribution in [0.4, 0.5) is 0 Å². The van der Waals surface area contributed by atoms with E-state index in [0.717, 1.165) is 36.0 Å². The smallest absolute Gasteiger partial charge is 0.134 e. The maximum Gasteiger partial charge on any atom is 0.134 e. The number of nitrogens with zero attached hydrogens (tertiary/aromatic N) is 1. The average molecular weight is 368 g/mol. The minimum Gasteiger partial charge on any atom is -0.489 e. The SMILES string of the molecule is CSc1c(O[C@H]2CC[C@@H](NCc3ccccc3)CC2)ccc2[nH]ncc12. The van der Waals surface area contributed by atoms with Gasteiger partial charge in [-0.2, -0.15) is 5.10 Å². The van der Waals surface area contributed by atoms with Crippen molar-refractivity contribution in [2.75, 3.05) is 6.26 Å². The highest BCUT2D eigenvalue weighted by Crippen LogP contribution is 2.36. The largest absolute Gasteiger partial charge is 0.489 e. The molecular formula is C21H25N3OS. The molecule has 2 aromatic carbocycles. The van der Waals surface area contributed by atoms with Crippen LogP contribution in [0.25, 0.3) is 10.9 Å². The second kappa shape index (κ2) is 8.14. The van der Waals surface area contributed by atoms with Crippen LogP contribution >= 0.6 is 11.8 Å². The summed E-state index contributed by atoms with van der Waals surface area (Å²) in [6.07, 6.45) is 8.82. The predicted octanol–water partition coefficient (Wildman–Crippen LogP) is 4.76. The van der Waals surface area contributed by atoms with Gasteiger partial charge in [0.2, 0.25) is 0 Å². The third kappa shape index (κ3) is 3.89. The van der Waals surface area contributed by atoms with Crippen LogP contribution in [-0.2, 0) is 6.54 Å². The molecule has 4 rings (SSSR count). The number of H-pyrrole nitrogens is 1. The first kappa shape index (κ1) is 17.4. The second-order valence-electron chi connectivity index (χ2n) is 6.89. The molecule has 1 saturated carbocycles. The van der Waals surface area contributed by atoms with Crippen molar-refractivity contribution in [1.29, 1.82) is 0 Å². The molecule has 1 aliphatic rings. The van der Waals surface area contributed by atoms with Crippen LogP contribution in [0.1, 0.15) is 31.2 Å². The van der Waals surface area contributed by atoms with E-state index in [1.165, 1.54) is 23.3 Å². The molecule has 5 heteroatoms. The zero-order valence-corrected chi connectivity index (χ0v) is 15.9. The molecular weight excluding hydrogens is 342 g/mol. The minimum absolute atomic E-state index is 0.306. The Morgan fingerprint density at radius 3 is 2.69 bits per heavy atom. The predicted molar refractivity (Wildman–Crippen MR) is 108 cm³/mol. The highest BCUT2D eigenvalue weighted by Gasteiger charge is 2.23. The maximum atomic E-state index is 6.38. The highest BCUT2D eigenvalue weighted by atomic mass is 32.2. The topological polar surface area (TPSA) is 49.9 Å². The maximum absolute atomic E-state index is 6.38. The lowest BCUT2D eigenvalue weighted by Crippen LogP contribution is -2.36. The van der Waals surface area contributed by atoms with Crippen molar-refractivity contribution in [3.8, 4) is 5.75 Å². The van der Waals surface area contributed by atoms with Gasteiger partial charge in [0, 0.05) is 18.0 Å². The van der Waals surface area contributed by atoms with Crippen LogP contribution < -0.4 is 10.1 Å². The van der Waals surface area contributed by atoms with Gasteiger partial charge in [-0.3, -0.25) is 5.10 Å².